The molecule has 0 radical (unpaired) electrons. The molecule has 1 aromatic heterocycles. The zero-order valence-electron chi connectivity index (χ0n) is 11.3. The molecule has 0 amide bonds. The number of nitrogens with one attached hydrogen (secondary N) is 1. The van der Waals surface area contributed by atoms with Crippen LogP contribution < -0.4 is 4.72 Å². The molecule has 0 aliphatic heterocycles. The van der Waals surface area contributed by atoms with Gasteiger partial charge in [0.05, 0.1) is 5.02 Å². The fourth-order valence-electron chi connectivity index (χ4n) is 1.80. The lowest BCUT2D eigenvalue weighted by atomic mass is 10.2. The van der Waals surface area contributed by atoms with Gasteiger partial charge in [-0.15, -0.1) is 0 Å². The summed E-state index contributed by atoms with van der Waals surface area (Å²) >= 11 is 12.0. The Labute approximate surface area is 134 Å². The van der Waals surface area contributed by atoms with Gasteiger partial charge in [-0.2, -0.15) is 0 Å². The second-order valence-corrected chi connectivity index (χ2v) is 7.01. The van der Waals surface area contributed by atoms with E-state index < -0.39 is 10.0 Å². The molecule has 2 rings (SSSR count). The molecule has 0 bridgehead atoms. The molecule has 0 aliphatic rings. The second-order valence-electron chi connectivity index (χ2n) is 4.49. The lowest BCUT2D eigenvalue weighted by molar-refractivity contribution is 0.581. The standard InChI is InChI=1S/C14H14Cl2N2O2S/c1-10-12(15)4-5-13(14(10)16)21(19,20)18-8-6-11-3-2-7-17-9-11/h2-5,7,9,18H,6,8H2,1H3. The Morgan fingerprint density at radius 1 is 1.24 bits per heavy atom. The summed E-state index contributed by atoms with van der Waals surface area (Å²) in [4.78, 5) is 4.02. The van der Waals surface area contributed by atoms with Crippen LogP contribution in [0.1, 0.15) is 11.1 Å². The molecule has 0 spiro atoms. The number of rotatable bonds is 5. The van der Waals surface area contributed by atoms with Crippen LogP contribution in [-0.2, 0) is 16.4 Å². The van der Waals surface area contributed by atoms with Crippen LogP contribution in [0.2, 0.25) is 10.0 Å². The SMILES string of the molecule is Cc1c(Cl)ccc(S(=O)(=O)NCCc2cccnc2)c1Cl. The molecule has 112 valence electrons. The average molecular weight is 345 g/mol. The molecule has 1 heterocycles. The fourth-order valence-corrected chi connectivity index (χ4v) is 3.64. The highest BCUT2D eigenvalue weighted by atomic mass is 35.5. The van der Waals surface area contributed by atoms with E-state index in [0.29, 0.717) is 17.0 Å². The van der Waals surface area contributed by atoms with Gasteiger partial charge >= 0.3 is 0 Å². The van der Waals surface area contributed by atoms with Crippen molar-refractivity contribution in [1.82, 2.24) is 9.71 Å². The molecule has 0 aliphatic carbocycles. The largest absolute Gasteiger partial charge is 0.264 e. The van der Waals surface area contributed by atoms with Crippen molar-refractivity contribution in [3.05, 3.63) is 57.8 Å². The maximum absolute atomic E-state index is 12.3. The molecule has 0 saturated carbocycles. The van der Waals surface area contributed by atoms with Crippen LogP contribution >= 0.6 is 23.2 Å². The Bertz CT molecular complexity index is 734. The molecule has 0 saturated heterocycles. The summed E-state index contributed by atoms with van der Waals surface area (Å²) < 4.78 is 27.0. The monoisotopic (exact) mass is 344 g/mol. The third kappa shape index (κ3) is 3.95. The van der Waals surface area contributed by atoms with Crippen molar-refractivity contribution in [2.45, 2.75) is 18.2 Å². The third-order valence-corrected chi connectivity index (χ3v) is 5.51. The molecule has 21 heavy (non-hydrogen) atoms. The lowest BCUT2D eigenvalue weighted by Crippen LogP contribution is -2.26. The van der Waals surface area contributed by atoms with Crippen molar-refractivity contribution >= 4 is 33.2 Å². The highest BCUT2D eigenvalue weighted by Gasteiger charge is 2.19. The smallest absolute Gasteiger partial charge is 0.242 e. The van der Waals surface area contributed by atoms with Crippen LogP contribution in [0.5, 0.6) is 0 Å². The molecule has 1 aromatic carbocycles. The van der Waals surface area contributed by atoms with Crippen LogP contribution in [0.3, 0.4) is 0 Å². The second kappa shape index (κ2) is 6.75. The first-order chi connectivity index (χ1) is 9.92. The Morgan fingerprint density at radius 2 is 2.00 bits per heavy atom. The molecule has 2 aromatic rings. The topological polar surface area (TPSA) is 59.1 Å². The van der Waals surface area contributed by atoms with Crippen LogP contribution in [0.4, 0.5) is 0 Å². The number of aromatic nitrogens is 1. The fraction of sp³-hybridized carbons (Fsp3) is 0.214. The van der Waals surface area contributed by atoms with Gasteiger partial charge in [0.2, 0.25) is 10.0 Å². The quantitative estimate of drug-likeness (QED) is 0.905. The first-order valence-corrected chi connectivity index (χ1v) is 8.49. The zero-order valence-corrected chi connectivity index (χ0v) is 13.6. The van der Waals surface area contributed by atoms with E-state index in [0.717, 1.165) is 5.56 Å². The van der Waals surface area contributed by atoms with E-state index >= 15 is 0 Å². The zero-order chi connectivity index (χ0) is 15.5. The molecular weight excluding hydrogens is 331 g/mol. The van der Waals surface area contributed by atoms with Crippen LogP contribution in [-0.4, -0.2) is 19.9 Å². The highest BCUT2D eigenvalue weighted by molar-refractivity contribution is 7.89. The van der Waals surface area contributed by atoms with E-state index in [4.69, 9.17) is 23.2 Å². The summed E-state index contributed by atoms with van der Waals surface area (Å²) in [6, 6.07) is 6.63. The number of nitrogens with zero attached hydrogens (tertiary/aromatic N) is 1. The van der Waals surface area contributed by atoms with Gasteiger partial charge in [0, 0.05) is 24.0 Å². The normalized spacial score (nSPS) is 11.6. The third-order valence-electron chi connectivity index (χ3n) is 3.00. The first kappa shape index (κ1) is 16.2. The Hall–Kier alpha value is -1.14. The van der Waals surface area contributed by atoms with Crippen LogP contribution in [0, 0.1) is 6.92 Å². The van der Waals surface area contributed by atoms with Gasteiger partial charge in [-0.25, -0.2) is 13.1 Å². The molecule has 7 heteroatoms. The van der Waals surface area contributed by atoms with Crippen molar-refractivity contribution in [3.8, 4) is 0 Å². The predicted molar refractivity (Wildman–Crippen MR) is 84.3 cm³/mol. The van der Waals surface area contributed by atoms with Crippen LogP contribution in [0.25, 0.3) is 0 Å². The minimum Gasteiger partial charge on any atom is -0.264 e. The lowest BCUT2D eigenvalue weighted by Gasteiger charge is -2.10. The predicted octanol–water partition coefficient (Wildman–Crippen LogP) is 3.22. The highest BCUT2D eigenvalue weighted by Crippen LogP contribution is 2.29. The van der Waals surface area contributed by atoms with Crippen molar-refractivity contribution in [1.29, 1.82) is 0 Å². The van der Waals surface area contributed by atoms with E-state index in [2.05, 4.69) is 9.71 Å². The van der Waals surface area contributed by atoms with Gasteiger partial charge in [0.1, 0.15) is 4.90 Å². The molecular formula is C14H14Cl2N2O2S. The summed E-state index contributed by atoms with van der Waals surface area (Å²) in [6.45, 7) is 1.95. The molecule has 4 nitrogen and oxygen atoms in total. The number of hydrogen-bond acceptors (Lipinski definition) is 3. The maximum atomic E-state index is 12.3. The maximum Gasteiger partial charge on any atom is 0.242 e. The number of pyridine rings is 1. The molecule has 0 fully saturated rings. The summed E-state index contributed by atoms with van der Waals surface area (Å²) in [5.41, 5.74) is 1.51. The van der Waals surface area contributed by atoms with Crippen molar-refractivity contribution in [3.63, 3.8) is 0 Å². The Morgan fingerprint density at radius 3 is 2.67 bits per heavy atom. The van der Waals surface area contributed by atoms with Crippen molar-refractivity contribution in [2.24, 2.45) is 0 Å². The first-order valence-electron chi connectivity index (χ1n) is 6.25. The van der Waals surface area contributed by atoms with E-state index in [-0.39, 0.29) is 16.5 Å². The van der Waals surface area contributed by atoms with Crippen molar-refractivity contribution in [2.75, 3.05) is 6.54 Å². The number of benzene rings is 1. The summed E-state index contributed by atoms with van der Waals surface area (Å²) in [6.07, 6.45) is 3.93. The number of hydrogen-bond donors (Lipinski definition) is 1. The van der Waals surface area contributed by atoms with Gasteiger partial charge < -0.3 is 0 Å². The Balaban J connectivity index is 2.11. The van der Waals surface area contributed by atoms with Gasteiger partial charge in [0.15, 0.2) is 0 Å². The van der Waals surface area contributed by atoms with Gasteiger partial charge in [-0.3, -0.25) is 4.98 Å². The van der Waals surface area contributed by atoms with Crippen molar-refractivity contribution < 1.29 is 8.42 Å². The molecule has 0 unspecified atom stereocenters. The van der Waals surface area contributed by atoms with Gasteiger partial charge in [-0.1, -0.05) is 29.3 Å². The molecule has 1 N–H and O–H groups in total. The van der Waals surface area contributed by atoms with E-state index in [1.54, 1.807) is 19.3 Å². The average Bonchev–Trinajstić information content (AvgIpc) is 2.45. The summed E-state index contributed by atoms with van der Waals surface area (Å²) in [5.74, 6) is 0. The van der Waals surface area contributed by atoms with Gasteiger partial charge in [-0.05, 0) is 42.7 Å². The van der Waals surface area contributed by atoms with E-state index in [1.165, 1.54) is 12.1 Å². The minimum atomic E-state index is -3.66. The summed E-state index contributed by atoms with van der Waals surface area (Å²) in [7, 11) is -3.66. The minimum absolute atomic E-state index is 0.0391. The number of halogens is 2. The van der Waals surface area contributed by atoms with E-state index in [1.807, 2.05) is 12.1 Å². The summed E-state index contributed by atoms with van der Waals surface area (Å²) in [5, 5.41) is 0.589. The van der Waals surface area contributed by atoms with Crippen LogP contribution in [0.15, 0.2) is 41.6 Å². The molecule has 0 atom stereocenters. The number of sulfonamides is 1. The van der Waals surface area contributed by atoms with Gasteiger partial charge in [0.25, 0.3) is 0 Å². The van der Waals surface area contributed by atoms with E-state index in [9.17, 15) is 8.42 Å². The Kier molecular flexibility index (Phi) is 5.22.